The largest absolute Gasteiger partial charge is 0.489 e. The first kappa shape index (κ1) is 19.9. The number of nitrogens with zero attached hydrogens (tertiary/aromatic N) is 4. The van der Waals surface area contributed by atoms with Crippen molar-refractivity contribution in [2.45, 2.75) is 13.5 Å². The summed E-state index contributed by atoms with van der Waals surface area (Å²) in [5, 5.41) is 16.4. The number of nitrogens with one attached hydrogen (secondary N) is 1. The van der Waals surface area contributed by atoms with Crippen molar-refractivity contribution in [1.29, 1.82) is 0 Å². The molecular weight excluding hydrogens is 422 g/mol. The lowest BCUT2D eigenvalue weighted by molar-refractivity contribution is 0.102. The maximum Gasteiger partial charge on any atom is 0.255 e. The molecule has 7 nitrogen and oxygen atoms in total. The predicted octanol–water partition coefficient (Wildman–Crippen LogP) is 4.99. The lowest BCUT2D eigenvalue weighted by Gasteiger charge is -2.09. The Kier molecular flexibility index (Phi) is 5.35. The Balaban J connectivity index is 1.30. The van der Waals surface area contributed by atoms with Crippen LogP contribution in [0.3, 0.4) is 0 Å². The molecule has 0 aliphatic rings. The summed E-state index contributed by atoms with van der Waals surface area (Å²) in [6.07, 6.45) is 0. The number of anilines is 1. The molecule has 0 radical (unpaired) electrons. The minimum Gasteiger partial charge on any atom is -0.489 e. The average Bonchev–Trinajstić information content (AvgIpc) is 3.41. The van der Waals surface area contributed by atoms with Crippen molar-refractivity contribution in [2.75, 3.05) is 5.32 Å². The number of carbonyl (C=O) groups is 1. The monoisotopic (exact) mass is 441 g/mol. The van der Waals surface area contributed by atoms with Crippen molar-refractivity contribution in [3.05, 3.63) is 95.8 Å². The van der Waals surface area contributed by atoms with Crippen LogP contribution in [0.4, 0.5) is 5.69 Å². The smallest absolute Gasteiger partial charge is 0.255 e. The second-order valence-corrected chi connectivity index (χ2v) is 8.14. The van der Waals surface area contributed by atoms with E-state index >= 15 is 0 Å². The first-order valence-electron chi connectivity index (χ1n) is 10.0. The van der Waals surface area contributed by atoms with Crippen molar-refractivity contribution in [3.63, 3.8) is 0 Å². The van der Waals surface area contributed by atoms with E-state index in [2.05, 4.69) is 20.6 Å². The fourth-order valence-electron chi connectivity index (χ4n) is 3.23. The standard InChI is InChI=1S/C24H19N5O2S/c1-16-26-27-24-29(16)28-23(32-24)19-10-5-11-20(13-19)25-22(30)18-9-6-12-21(14-18)31-15-17-7-3-2-4-8-17/h2-14H,15H2,1H3,(H,25,30). The lowest BCUT2D eigenvalue weighted by atomic mass is 10.1. The second-order valence-electron chi connectivity index (χ2n) is 7.19. The number of ether oxygens (including phenoxy) is 1. The summed E-state index contributed by atoms with van der Waals surface area (Å²) >= 11 is 1.45. The van der Waals surface area contributed by atoms with E-state index in [0.29, 0.717) is 23.6 Å². The van der Waals surface area contributed by atoms with Crippen LogP contribution in [0.2, 0.25) is 0 Å². The fraction of sp³-hybridized carbons (Fsp3) is 0.0833. The molecule has 0 aliphatic carbocycles. The van der Waals surface area contributed by atoms with Crippen molar-refractivity contribution in [3.8, 4) is 16.3 Å². The predicted molar refractivity (Wildman–Crippen MR) is 124 cm³/mol. The molecular formula is C24H19N5O2S. The van der Waals surface area contributed by atoms with E-state index in [1.165, 1.54) is 11.3 Å². The van der Waals surface area contributed by atoms with E-state index in [9.17, 15) is 4.79 Å². The molecule has 1 amide bonds. The van der Waals surface area contributed by atoms with Gasteiger partial charge in [-0.2, -0.15) is 9.61 Å². The summed E-state index contributed by atoms with van der Waals surface area (Å²) in [5.74, 6) is 1.17. The van der Waals surface area contributed by atoms with Gasteiger partial charge >= 0.3 is 0 Å². The number of hydrogen-bond donors (Lipinski definition) is 1. The summed E-state index contributed by atoms with van der Waals surface area (Å²) in [6, 6.07) is 24.7. The van der Waals surface area contributed by atoms with Gasteiger partial charge in [0, 0.05) is 16.8 Å². The van der Waals surface area contributed by atoms with Crippen LogP contribution in [0, 0.1) is 6.92 Å². The molecule has 0 bridgehead atoms. The first-order chi connectivity index (χ1) is 15.7. The van der Waals surface area contributed by atoms with Crippen LogP contribution in [-0.2, 0) is 6.61 Å². The summed E-state index contributed by atoms with van der Waals surface area (Å²) in [7, 11) is 0. The van der Waals surface area contributed by atoms with Gasteiger partial charge in [0.25, 0.3) is 5.91 Å². The molecule has 0 unspecified atom stereocenters. The van der Waals surface area contributed by atoms with E-state index in [4.69, 9.17) is 4.74 Å². The number of amides is 1. The zero-order chi connectivity index (χ0) is 21.9. The number of aromatic nitrogens is 4. The van der Waals surface area contributed by atoms with Gasteiger partial charge in [0.1, 0.15) is 17.4 Å². The van der Waals surface area contributed by atoms with Gasteiger partial charge in [0.2, 0.25) is 4.96 Å². The molecule has 0 fully saturated rings. The molecule has 0 saturated heterocycles. The van der Waals surface area contributed by atoms with Crippen LogP contribution < -0.4 is 10.1 Å². The maximum absolute atomic E-state index is 12.8. The van der Waals surface area contributed by atoms with E-state index in [-0.39, 0.29) is 5.91 Å². The van der Waals surface area contributed by atoms with Crippen LogP contribution in [-0.4, -0.2) is 25.7 Å². The minimum atomic E-state index is -0.207. The summed E-state index contributed by atoms with van der Waals surface area (Å²) in [5.41, 5.74) is 3.18. The first-order valence-corrected chi connectivity index (χ1v) is 10.8. The van der Waals surface area contributed by atoms with Crippen molar-refractivity contribution < 1.29 is 9.53 Å². The highest BCUT2D eigenvalue weighted by molar-refractivity contribution is 7.19. The average molecular weight is 442 g/mol. The number of benzene rings is 3. The van der Waals surface area contributed by atoms with Gasteiger partial charge in [0.05, 0.1) is 0 Å². The van der Waals surface area contributed by atoms with Crippen molar-refractivity contribution in [2.24, 2.45) is 0 Å². The van der Waals surface area contributed by atoms with Crippen LogP contribution in [0.1, 0.15) is 21.7 Å². The number of fused-ring (bicyclic) bond motifs is 1. The Bertz CT molecular complexity index is 1390. The Morgan fingerprint density at radius 1 is 1.00 bits per heavy atom. The fourth-order valence-corrected chi connectivity index (χ4v) is 4.11. The molecule has 1 N–H and O–H groups in total. The minimum absolute atomic E-state index is 0.207. The highest BCUT2D eigenvalue weighted by atomic mass is 32.1. The van der Waals surface area contributed by atoms with Crippen LogP contribution in [0.15, 0.2) is 78.9 Å². The molecule has 0 aliphatic heterocycles. The second kappa shape index (κ2) is 8.60. The number of hydrogen-bond acceptors (Lipinski definition) is 6. The normalized spacial score (nSPS) is 10.9. The third-order valence-corrected chi connectivity index (χ3v) is 5.81. The van der Waals surface area contributed by atoms with Gasteiger partial charge in [-0.05, 0) is 42.8 Å². The maximum atomic E-state index is 12.8. The van der Waals surface area contributed by atoms with Crippen LogP contribution >= 0.6 is 11.3 Å². The topological polar surface area (TPSA) is 81.4 Å². The number of carbonyl (C=O) groups excluding carboxylic acids is 1. The Hall–Kier alpha value is -4.04. The van der Waals surface area contributed by atoms with Gasteiger partial charge in [-0.25, -0.2) is 0 Å². The third-order valence-electron chi connectivity index (χ3n) is 4.86. The highest BCUT2D eigenvalue weighted by Gasteiger charge is 2.12. The molecule has 5 rings (SSSR count). The molecule has 2 aromatic heterocycles. The van der Waals surface area contributed by atoms with E-state index in [1.54, 1.807) is 16.6 Å². The molecule has 8 heteroatoms. The summed E-state index contributed by atoms with van der Waals surface area (Å²) < 4.78 is 7.56. The molecule has 158 valence electrons. The Morgan fingerprint density at radius 2 is 1.84 bits per heavy atom. The molecule has 32 heavy (non-hydrogen) atoms. The highest BCUT2D eigenvalue weighted by Crippen LogP contribution is 2.27. The molecule has 0 atom stereocenters. The zero-order valence-corrected chi connectivity index (χ0v) is 18.0. The zero-order valence-electron chi connectivity index (χ0n) is 17.2. The van der Waals surface area contributed by atoms with Crippen molar-refractivity contribution in [1.82, 2.24) is 19.8 Å². The molecule has 0 saturated carbocycles. The van der Waals surface area contributed by atoms with Gasteiger partial charge in [0.15, 0.2) is 5.82 Å². The van der Waals surface area contributed by atoms with Crippen molar-refractivity contribution >= 4 is 27.9 Å². The SMILES string of the molecule is Cc1nnc2sc(-c3cccc(NC(=O)c4cccc(OCc5ccccc5)c4)c3)nn12. The Morgan fingerprint density at radius 3 is 2.69 bits per heavy atom. The van der Waals surface area contributed by atoms with E-state index < -0.39 is 0 Å². The molecule has 5 aromatic rings. The quantitative estimate of drug-likeness (QED) is 0.401. The number of aryl methyl sites for hydroxylation is 1. The molecule has 0 spiro atoms. The molecule has 3 aromatic carbocycles. The van der Waals surface area contributed by atoms with Gasteiger partial charge in [-0.15, -0.1) is 10.2 Å². The van der Waals surface area contributed by atoms with E-state index in [1.807, 2.05) is 73.7 Å². The Labute approximate surface area is 188 Å². The van der Waals surface area contributed by atoms with E-state index in [0.717, 1.165) is 26.9 Å². The van der Waals surface area contributed by atoms with Gasteiger partial charge < -0.3 is 10.1 Å². The number of rotatable bonds is 6. The third kappa shape index (κ3) is 4.21. The molecule has 2 heterocycles. The summed E-state index contributed by atoms with van der Waals surface area (Å²) in [4.78, 5) is 13.6. The van der Waals surface area contributed by atoms with Gasteiger partial charge in [-0.1, -0.05) is 59.9 Å². The van der Waals surface area contributed by atoms with Crippen LogP contribution in [0.25, 0.3) is 15.5 Å². The lowest BCUT2D eigenvalue weighted by Crippen LogP contribution is -2.12. The summed E-state index contributed by atoms with van der Waals surface area (Å²) in [6.45, 7) is 2.30. The van der Waals surface area contributed by atoms with Crippen LogP contribution in [0.5, 0.6) is 5.75 Å². The van der Waals surface area contributed by atoms with Gasteiger partial charge in [-0.3, -0.25) is 4.79 Å².